The number of rotatable bonds is 13. The number of carbonyl (C=O) groups excluding carboxylic acids is 4. The van der Waals surface area contributed by atoms with Gasteiger partial charge in [0.2, 0.25) is 23.6 Å². The molecule has 0 aromatic carbocycles. The molecule has 0 saturated carbocycles. The van der Waals surface area contributed by atoms with Crippen LogP contribution >= 0.6 is 0 Å². The number of hydrogen-bond donors (Lipinski definition) is 7. The Labute approximate surface area is 184 Å². The maximum Gasteiger partial charge on any atom is 0.326 e. The first-order chi connectivity index (χ1) is 14.9. The second kappa shape index (κ2) is 12.6. The van der Waals surface area contributed by atoms with Crippen LogP contribution in [0.2, 0.25) is 0 Å². The van der Waals surface area contributed by atoms with E-state index in [1.807, 2.05) is 5.32 Å². The molecule has 8 N–H and O–H groups in total. The number of aliphatic carboxylic acids is 2. The monoisotopic (exact) mass is 457 g/mol. The Morgan fingerprint density at radius 3 is 2.09 bits per heavy atom. The molecule has 0 radical (unpaired) electrons. The van der Waals surface area contributed by atoms with Gasteiger partial charge < -0.3 is 37.2 Å². The summed E-state index contributed by atoms with van der Waals surface area (Å²) in [4.78, 5) is 71.1. The van der Waals surface area contributed by atoms with Gasteiger partial charge in [0.05, 0.1) is 12.5 Å². The van der Waals surface area contributed by atoms with Gasteiger partial charge in [0.1, 0.15) is 18.1 Å². The van der Waals surface area contributed by atoms with Gasteiger partial charge in [-0.25, -0.2) is 4.79 Å². The fraction of sp³-hybridized carbons (Fsp3) is 0.684. The quantitative estimate of drug-likeness (QED) is 0.158. The standard InChI is InChI=1S/C19H31N5O8/c1-9(2)15(24-16(28)10-4-3-7-21-10)18(30)22-11(5-6-13(20)25)17(29)23-12(19(31)32)8-14(26)27/h9-12,15,21H,3-8H2,1-2H3,(H2,20,25)(H,22,30)(H,23,29)(H,24,28)(H,26,27)(H,31,32). The molecule has 32 heavy (non-hydrogen) atoms. The molecular weight excluding hydrogens is 426 g/mol. The number of carboxylic acids is 2. The van der Waals surface area contributed by atoms with E-state index in [0.29, 0.717) is 13.0 Å². The van der Waals surface area contributed by atoms with Crippen molar-refractivity contribution >= 4 is 35.6 Å². The third kappa shape index (κ3) is 8.88. The van der Waals surface area contributed by atoms with Crippen LogP contribution in [-0.4, -0.2) is 76.5 Å². The van der Waals surface area contributed by atoms with Gasteiger partial charge in [0, 0.05) is 6.42 Å². The van der Waals surface area contributed by atoms with Gasteiger partial charge in [-0.15, -0.1) is 0 Å². The van der Waals surface area contributed by atoms with Crippen LogP contribution in [0.15, 0.2) is 0 Å². The zero-order valence-corrected chi connectivity index (χ0v) is 18.1. The first-order valence-electron chi connectivity index (χ1n) is 10.3. The van der Waals surface area contributed by atoms with Crippen LogP contribution in [0.4, 0.5) is 0 Å². The third-order valence-electron chi connectivity index (χ3n) is 4.93. The number of amides is 4. The van der Waals surface area contributed by atoms with Crippen molar-refractivity contribution in [2.75, 3.05) is 6.54 Å². The van der Waals surface area contributed by atoms with Crippen molar-refractivity contribution in [2.45, 2.75) is 70.1 Å². The predicted octanol–water partition coefficient (Wildman–Crippen LogP) is -2.33. The number of primary amides is 1. The minimum Gasteiger partial charge on any atom is -0.481 e. The molecule has 4 atom stereocenters. The predicted molar refractivity (Wildman–Crippen MR) is 110 cm³/mol. The van der Waals surface area contributed by atoms with Crippen molar-refractivity contribution in [1.29, 1.82) is 0 Å². The molecule has 0 spiro atoms. The van der Waals surface area contributed by atoms with E-state index in [1.165, 1.54) is 0 Å². The summed E-state index contributed by atoms with van der Waals surface area (Å²) >= 11 is 0. The summed E-state index contributed by atoms with van der Waals surface area (Å²) < 4.78 is 0. The Kier molecular flexibility index (Phi) is 10.5. The maximum atomic E-state index is 12.8. The van der Waals surface area contributed by atoms with Crippen LogP contribution in [0.25, 0.3) is 0 Å². The molecule has 4 unspecified atom stereocenters. The van der Waals surface area contributed by atoms with Gasteiger partial charge in [-0.2, -0.15) is 0 Å². The summed E-state index contributed by atoms with van der Waals surface area (Å²) in [5.41, 5.74) is 5.11. The highest BCUT2D eigenvalue weighted by atomic mass is 16.4. The molecule has 1 rings (SSSR count). The summed E-state index contributed by atoms with van der Waals surface area (Å²) in [6.07, 6.45) is 0.0424. The second-order valence-corrected chi connectivity index (χ2v) is 7.94. The summed E-state index contributed by atoms with van der Waals surface area (Å²) in [5, 5.41) is 28.1. The molecular formula is C19H31N5O8. The lowest BCUT2D eigenvalue weighted by Gasteiger charge is -2.26. The topological polar surface area (TPSA) is 217 Å². The van der Waals surface area contributed by atoms with Gasteiger partial charge in [0.15, 0.2) is 0 Å². The fourth-order valence-electron chi connectivity index (χ4n) is 3.16. The number of carbonyl (C=O) groups is 6. The Morgan fingerprint density at radius 1 is 1.00 bits per heavy atom. The van der Waals surface area contributed by atoms with E-state index < -0.39 is 60.2 Å². The lowest BCUT2D eigenvalue weighted by atomic mass is 10.0. The molecule has 1 fully saturated rings. The van der Waals surface area contributed by atoms with E-state index >= 15 is 0 Å². The van der Waals surface area contributed by atoms with Gasteiger partial charge in [-0.05, 0) is 31.7 Å². The van der Waals surface area contributed by atoms with E-state index in [0.717, 1.165) is 6.42 Å². The van der Waals surface area contributed by atoms with Crippen LogP contribution < -0.4 is 27.0 Å². The Balaban J connectivity index is 2.92. The highest BCUT2D eigenvalue weighted by Crippen LogP contribution is 2.09. The summed E-state index contributed by atoms with van der Waals surface area (Å²) in [6, 6.07) is -4.52. The van der Waals surface area contributed by atoms with Crippen LogP contribution in [0.3, 0.4) is 0 Å². The van der Waals surface area contributed by atoms with Gasteiger partial charge in [-0.1, -0.05) is 13.8 Å². The average Bonchev–Trinajstić information content (AvgIpc) is 3.22. The normalized spacial score (nSPS) is 18.3. The summed E-state index contributed by atoms with van der Waals surface area (Å²) in [6.45, 7) is 4.07. The number of carboxylic acid groups (broad SMARTS) is 2. The molecule has 180 valence electrons. The first-order valence-corrected chi connectivity index (χ1v) is 10.3. The summed E-state index contributed by atoms with van der Waals surface area (Å²) in [5.74, 6) is -6.17. The van der Waals surface area contributed by atoms with E-state index in [2.05, 4.69) is 16.0 Å². The van der Waals surface area contributed by atoms with Crippen molar-refractivity contribution in [1.82, 2.24) is 21.3 Å². The van der Waals surface area contributed by atoms with E-state index in [-0.39, 0.29) is 24.7 Å². The molecule has 4 amide bonds. The highest BCUT2D eigenvalue weighted by molar-refractivity contribution is 5.95. The molecule has 13 heteroatoms. The van der Waals surface area contributed by atoms with Crippen LogP contribution in [0, 0.1) is 5.92 Å². The zero-order chi connectivity index (χ0) is 24.4. The lowest BCUT2D eigenvalue weighted by molar-refractivity contribution is -0.147. The molecule has 0 aliphatic carbocycles. The molecule has 1 heterocycles. The van der Waals surface area contributed by atoms with Crippen LogP contribution in [-0.2, 0) is 28.8 Å². The van der Waals surface area contributed by atoms with Crippen molar-refractivity contribution in [3.8, 4) is 0 Å². The minimum atomic E-state index is -1.73. The van der Waals surface area contributed by atoms with Crippen molar-refractivity contribution in [2.24, 2.45) is 11.7 Å². The number of nitrogens with two attached hydrogens (primary N) is 1. The Bertz CT molecular complexity index is 735. The SMILES string of the molecule is CC(C)C(NC(=O)C1CCCN1)C(=O)NC(CCC(N)=O)C(=O)NC(CC(=O)O)C(=O)O. The maximum absolute atomic E-state index is 12.8. The van der Waals surface area contributed by atoms with E-state index in [4.69, 9.17) is 15.9 Å². The van der Waals surface area contributed by atoms with Gasteiger partial charge >= 0.3 is 11.9 Å². The van der Waals surface area contributed by atoms with Gasteiger partial charge in [-0.3, -0.25) is 24.0 Å². The highest BCUT2D eigenvalue weighted by Gasteiger charge is 2.33. The zero-order valence-electron chi connectivity index (χ0n) is 18.1. The van der Waals surface area contributed by atoms with Gasteiger partial charge in [0.25, 0.3) is 0 Å². The molecule has 0 aromatic heterocycles. The van der Waals surface area contributed by atoms with Crippen molar-refractivity contribution in [3.05, 3.63) is 0 Å². The second-order valence-electron chi connectivity index (χ2n) is 7.94. The molecule has 1 saturated heterocycles. The molecule has 1 aliphatic rings. The Morgan fingerprint density at radius 2 is 1.62 bits per heavy atom. The first kappa shape index (κ1) is 26.8. The van der Waals surface area contributed by atoms with Crippen LogP contribution in [0.1, 0.15) is 46.0 Å². The number of hydrogen-bond acceptors (Lipinski definition) is 7. The third-order valence-corrected chi connectivity index (χ3v) is 4.93. The van der Waals surface area contributed by atoms with Crippen molar-refractivity contribution < 1.29 is 39.0 Å². The molecule has 1 aliphatic heterocycles. The van der Waals surface area contributed by atoms with Crippen molar-refractivity contribution in [3.63, 3.8) is 0 Å². The van der Waals surface area contributed by atoms with Crippen LogP contribution in [0.5, 0.6) is 0 Å². The largest absolute Gasteiger partial charge is 0.481 e. The van der Waals surface area contributed by atoms with E-state index in [9.17, 15) is 28.8 Å². The number of nitrogens with one attached hydrogen (secondary N) is 4. The average molecular weight is 457 g/mol. The molecule has 13 nitrogen and oxygen atoms in total. The molecule has 0 bridgehead atoms. The fourth-order valence-corrected chi connectivity index (χ4v) is 3.16. The smallest absolute Gasteiger partial charge is 0.326 e. The Hall–Kier alpha value is -3.22. The lowest BCUT2D eigenvalue weighted by Crippen LogP contribution is -2.58. The minimum absolute atomic E-state index is 0.241. The summed E-state index contributed by atoms with van der Waals surface area (Å²) in [7, 11) is 0. The molecule has 0 aromatic rings. The van der Waals surface area contributed by atoms with E-state index in [1.54, 1.807) is 13.8 Å².